The van der Waals surface area contributed by atoms with Gasteiger partial charge in [-0.1, -0.05) is 42.5 Å². The zero-order valence-corrected chi connectivity index (χ0v) is 13.1. The second kappa shape index (κ2) is 6.32. The summed E-state index contributed by atoms with van der Waals surface area (Å²) >= 11 is 0. The van der Waals surface area contributed by atoms with Gasteiger partial charge in [0.15, 0.2) is 0 Å². The van der Waals surface area contributed by atoms with Crippen molar-refractivity contribution >= 4 is 5.97 Å². The Kier molecular flexibility index (Phi) is 4.25. The van der Waals surface area contributed by atoms with Crippen LogP contribution in [0.5, 0.6) is 0 Å². The van der Waals surface area contributed by atoms with E-state index < -0.39 is 0 Å². The molecule has 1 N–H and O–H groups in total. The molecule has 1 aliphatic rings. The van der Waals surface area contributed by atoms with Crippen molar-refractivity contribution in [3.05, 3.63) is 70.3 Å². The van der Waals surface area contributed by atoms with E-state index in [1.807, 2.05) is 30.3 Å². The molecule has 0 saturated carbocycles. The standard InChI is InChI=1S/C19H21NO2/c1-13-8-16-10-18(20-11-17(16)9-14(13)2)19(21)22-12-15-6-4-3-5-7-15/h3-9,18,20H,10-12H2,1-2H3/t18-/m0/s1. The number of ether oxygens (including phenoxy) is 1. The number of hydrogen-bond acceptors (Lipinski definition) is 3. The molecule has 1 aliphatic heterocycles. The van der Waals surface area contributed by atoms with Crippen molar-refractivity contribution < 1.29 is 9.53 Å². The molecule has 2 aromatic rings. The van der Waals surface area contributed by atoms with Crippen molar-refractivity contribution in [1.29, 1.82) is 0 Å². The minimum Gasteiger partial charge on any atom is -0.460 e. The van der Waals surface area contributed by atoms with Gasteiger partial charge in [0.2, 0.25) is 0 Å². The molecule has 0 aromatic heterocycles. The van der Waals surface area contributed by atoms with Crippen LogP contribution in [0.1, 0.15) is 27.8 Å². The van der Waals surface area contributed by atoms with E-state index in [0.29, 0.717) is 13.0 Å². The number of aryl methyl sites for hydroxylation is 2. The fourth-order valence-electron chi connectivity index (χ4n) is 2.81. The van der Waals surface area contributed by atoms with E-state index in [2.05, 4.69) is 31.3 Å². The number of hydrogen-bond donors (Lipinski definition) is 1. The van der Waals surface area contributed by atoms with Crippen molar-refractivity contribution in [1.82, 2.24) is 5.32 Å². The first-order chi connectivity index (χ1) is 10.6. The van der Waals surface area contributed by atoms with Crippen LogP contribution in [-0.2, 0) is 29.1 Å². The topological polar surface area (TPSA) is 38.3 Å². The number of carbonyl (C=O) groups is 1. The molecule has 22 heavy (non-hydrogen) atoms. The van der Waals surface area contributed by atoms with Crippen LogP contribution >= 0.6 is 0 Å². The quantitative estimate of drug-likeness (QED) is 0.885. The van der Waals surface area contributed by atoms with Gasteiger partial charge in [-0.25, -0.2) is 0 Å². The summed E-state index contributed by atoms with van der Waals surface area (Å²) in [7, 11) is 0. The van der Waals surface area contributed by atoms with Gasteiger partial charge in [-0.2, -0.15) is 0 Å². The highest BCUT2D eigenvalue weighted by Gasteiger charge is 2.25. The molecular formula is C19H21NO2. The minimum atomic E-state index is -0.252. The molecule has 1 atom stereocenters. The van der Waals surface area contributed by atoms with Gasteiger partial charge in [0, 0.05) is 6.54 Å². The number of esters is 1. The second-order valence-corrected chi connectivity index (χ2v) is 5.94. The summed E-state index contributed by atoms with van der Waals surface area (Å²) in [4.78, 5) is 12.2. The van der Waals surface area contributed by atoms with E-state index in [1.54, 1.807) is 0 Å². The number of benzene rings is 2. The minimum absolute atomic E-state index is 0.173. The van der Waals surface area contributed by atoms with Crippen molar-refractivity contribution in [3.63, 3.8) is 0 Å². The fraction of sp³-hybridized carbons (Fsp3) is 0.316. The van der Waals surface area contributed by atoms with Gasteiger partial charge in [0.25, 0.3) is 0 Å². The maximum Gasteiger partial charge on any atom is 0.323 e. The summed E-state index contributed by atoms with van der Waals surface area (Å²) in [6.07, 6.45) is 0.698. The largest absolute Gasteiger partial charge is 0.460 e. The second-order valence-electron chi connectivity index (χ2n) is 5.94. The molecule has 3 rings (SSSR count). The summed E-state index contributed by atoms with van der Waals surface area (Å²) in [5, 5.41) is 3.28. The highest BCUT2D eigenvalue weighted by atomic mass is 16.5. The molecule has 0 aliphatic carbocycles. The van der Waals surface area contributed by atoms with E-state index in [-0.39, 0.29) is 12.0 Å². The lowest BCUT2D eigenvalue weighted by Crippen LogP contribution is -2.42. The molecule has 0 bridgehead atoms. The highest BCUT2D eigenvalue weighted by Crippen LogP contribution is 2.21. The van der Waals surface area contributed by atoms with Crippen LogP contribution in [0.25, 0.3) is 0 Å². The molecule has 0 spiro atoms. The van der Waals surface area contributed by atoms with E-state index in [0.717, 1.165) is 12.1 Å². The zero-order valence-electron chi connectivity index (χ0n) is 13.1. The molecule has 0 fully saturated rings. The Labute approximate surface area is 131 Å². The maximum atomic E-state index is 12.2. The maximum absolute atomic E-state index is 12.2. The van der Waals surface area contributed by atoms with E-state index in [9.17, 15) is 4.79 Å². The molecular weight excluding hydrogens is 274 g/mol. The Morgan fingerprint density at radius 2 is 1.82 bits per heavy atom. The fourth-order valence-corrected chi connectivity index (χ4v) is 2.81. The third-order valence-electron chi connectivity index (χ3n) is 4.29. The van der Waals surface area contributed by atoms with Crippen LogP contribution in [0.2, 0.25) is 0 Å². The summed E-state index contributed by atoms with van der Waals surface area (Å²) in [5.74, 6) is -0.173. The summed E-state index contributed by atoms with van der Waals surface area (Å²) < 4.78 is 5.44. The van der Waals surface area contributed by atoms with Crippen molar-refractivity contribution in [2.24, 2.45) is 0 Å². The Hall–Kier alpha value is -2.13. The molecule has 0 amide bonds. The average Bonchev–Trinajstić information content (AvgIpc) is 2.54. The van der Waals surface area contributed by atoms with Gasteiger partial charge in [-0.05, 0) is 48.1 Å². The lowest BCUT2D eigenvalue weighted by molar-refractivity contribution is -0.147. The molecule has 3 nitrogen and oxygen atoms in total. The van der Waals surface area contributed by atoms with Gasteiger partial charge in [0.05, 0.1) is 0 Å². The average molecular weight is 295 g/mol. The smallest absolute Gasteiger partial charge is 0.323 e. The first kappa shape index (κ1) is 14.8. The molecule has 2 aromatic carbocycles. The van der Waals surface area contributed by atoms with E-state index in [1.165, 1.54) is 22.3 Å². The lowest BCUT2D eigenvalue weighted by atomic mass is 9.92. The molecule has 1 heterocycles. The molecule has 0 radical (unpaired) electrons. The zero-order chi connectivity index (χ0) is 15.5. The van der Waals surface area contributed by atoms with Crippen LogP contribution in [0.3, 0.4) is 0 Å². The predicted octanol–water partition coefficient (Wildman–Crippen LogP) is 3.06. The number of fused-ring (bicyclic) bond motifs is 1. The van der Waals surface area contributed by atoms with Crippen LogP contribution < -0.4 is 5.32 Å². The Balaban J connectivity index is 1.64. The van der Waals surface area contributed by atoms with Gasteiger partial charge in [-0.3, -0.25) is 4.79 Å². The highest BCUT2D eigenvalue weighted by molar-refractivity contribution is 5.76. The summed E-state index contributed by atoms with van der Waals surface area (Å²) in [6.45, 7) is 5.29. The molecule has 3 heteroatoms. The van der Waals surface area contributed by atoms with Gasteiger partial charge in [0.1, 0.15) is 12.6 Å². The third kappa shape index (κ3) is 3.20. The SMILES string of the molecule is Cc1cc2c(cc1C)C[C@@H](C(=O)OCc1ccccc1)NC2. The van der Waals surface area contributed by atoms with Crippen LogP contribution in [0.15, 0.2) is 42.5 Å². The predicted molar refractivity (Wildman–Crippen MR) is 86.5 cm³/mol. The van der Waals surface area contributed by atoms with Crippen LogP contribution in [0, 0.1) is 13.8 Å². The van der Waals surface area contributed by atoms with Crippen molar-refractivity contribution in [2.45, 2.75) is 39.5 Å². The van der Waals surface area contributed by atoms with Gasteiger partial charge >= 0.3 is 5.97 Å². The first-order valence-corrected chi connectivity index (χ1v) is 7.66. The van der Waals surface area contributed by atoms with Crippen LogP contribution in [-0.4, -0.2) is 12.0 Å². The third-order valence-corrected chi connectivity index (χ3v) is 4.29. The van der Waals surface area contributed by atoms with E-state index >= 15 is 0 Å². The van der Waals surface area contributed by atoms with Crippen LogP contribution in [0.4, 0.5) is 0 Å². The monoisotopic (exact) mass is 295 g/mol. The summed E-state index contributed by atoms with van der Waals surface area (Å²) in [5.41, 5.74) is 6.12. The molecule has 0 unspecified atom stereocenters. The lowest BCUT2D eigenvalue weighted by Gasteiger charge is -2.25. The van der Waals surface area contributed by atoms with Crippen molar-refractivity contribution in [3.8, 4) is 0 Å². The number of nitrogens with one attached hydrogen (secondary N) is 1. The number of rotatable bonds is 3. The first-order valence-electron chi connectivity index (χ1n) is 7.66. The Morgan fingerprint density at radius 1 is 1.14 bits per heavy atom. The normalized spacial score (nSPS) is 16.9. The molecule has 0 saturated heterocycles. The summed E-state index contributed by atoms with van der Waals surface area (Å²) in [6, 6.07) is 13.9. The van der Waals surface area contributed by atoms with Gasteiger partial charge in [-0.15, -0.1) is 0 Å². The van der Waals surface area contributed by atoms with Gasteiger partial charge < -0.3 is 10.1 Å². The van der Waals surface area contributed by atoms with Crippen molar-refractivity contribution in [2.75, 3.05) is 0 Å². The Bertz CT molecular complexity index is 679. The Morgan fingerprint density at radius 3 is 2.55 bits per heavy atom. The molecule has 114 valence electrons. The number of carbonyl (C=O) groups excluding carboxylic acids is 1. The van der Waals surface area contributed by atoms with E-state index in [4.69, 9.17) is 4.74 Å².